The Morgan fingerprint density at radius 2 is 2.20 bits per heavy atom. The Hall–Kier alpha value is -2.05. The summed E-state index contributed by atoms with van der Waals surface area (Å²) in [6, 6.07) is 7.72. The van der Waals surface area contributed by atoms with Crippen LogP contribution in [0, 0.1) is 18.8 Å². The predicted octanol–water partition coefficient (Wildman–Crippen LogP) is 3.34. The van der Waals surface area contributed by atoms with E-state index in [-0.39, 0.29) is 0 Å². The van der Waals surface area contributed by atoms with Crippen LogP contribution in [0.2, 0.25) is 0 Å². The molecule has 3 nitrogen and oxygen atoms in total. The lowest BCUT2D eigenvalue weighted by molar-refractivity contribution is 0.300. The van der Waals surface area contributed by atoms with E-state index in [1.807, 2.05) is 31.2 Å². The van der Waals surface area contributed by atoms with Crippen LogP contribution in [0.3, 0.4) is 0 Å². The zero-order valence-electron chi connectivity index (χ0n) is 11.3. The molecule has 0 radical (unpaired) electrons. The average molecular weight is 287 g/mol. The molecule has 0 fully saturated rings. The molecule has 0 aliphatic carbocycles. The molecule has 0 bridgehead atoms. The van der Waals surface area contributed by atoms with Crippen molar-refractivity contribution in [1.82, 2.24) is 9.97 Å². The summed E-state index contributed by atoms with van der Waals surface area (Å²) < 4.78 is 5.68. The molecule has 20 heavy (non-hydrogen) atoms. The van der Waals surface area contributed by atoms with E-state index in [0.717, 1.165) is 17.0 Å². The molecule has 0 aromatic carbocycles. The molecule has 0 saturated carbocycles. The Balaban J connectivity index is 2.00. The third-order valence-electron chi connectivity index (χ3n) is 2.50. The standard InChI is InChI=1S/C16H15ClN2O/c1-13-5-4-7-15(19-13)12-20-16-9-14(10-18-11-16)6-2-3-8-17/h4-5,7,9-11H,3,8,12H2,1H3. The molecule has 2 heterocycles. The van der Waals surface area contributed by atoms with Crippen molar-refractivity contribution < 1.29 is 4.74 Å². The zero-order chi connectivity index (χ0) is 14.2. The van der Waals surface area contributed by atoms with E-state index in [0.29, 0.717) is 24.7 Å². The summed E-state index contributed by atoms with van der Waals surface area (Å²) >= 11 is 5.58. The number of ether oxygens (including phenoxy) is 1. The van der Waals surface area contributed by atoms with E-state index < -0.39 is 0 Å². The number of nitrogens with zero attached hydrogens (tertiary/aromatic N) is 2. The van der Waals surface area contributed by atoms with Gasteiger partial charge in [-0.25, -0.2) is 0 Å². The van der Waals surface area contributed by atoms with Gasteiger partial charge in [0.1, 0.15) is 12.4 Å². The maximum Gasteiger partial charge on any atom is 0.139 e. The first-order valence-electron chi connectivity index (χ1n) is 6.33. The van der Waals surface area contributed by atoms with Crippen molar-refractivity contribution in [3.05, 3.63) is 53.6 Å². The first-order chi connectivity index (χ1) is 9.78. The summed E-state index contributed by atoms with van der Waals surface area (Å²) in [6.45, 7) is 2.38. The summed E-state index contributed by atoms with van der Waals surface area (Å²) in [4.78, 5) is 8.50. The van der Waals surface area contributed by atoms with Crippen LogP contribution in [0.4, 0.5) is 0 Å². The Bertz CT molecular complexity index is 632. The number of alkyl halides is 1. The molecular formula is C16H15ClN2O. The fourth-order valence-corrected chi connectivity index (χ4v) is 1.71. The number of halogens is 1. The predicted molar refractivity (Wildman–Crippen MR) is 79.8 cm³/mol. The summed E-state index contributed by atoms with van der Waals surface area (Å²) in [6.07, 6.45) is 4.04. The number of hydrogen-bond acceptors (Lipinski definition) is 3. The van der Waals surface area contributed by atoms with Crippen molar-refractivity contribution in [1.29, 1.82) is 0 Å². The zero-order valence-corrected chi connectivity index (χ0v) is 12.0. The largest absolute Gasteiger partial charge is 0.486 e. The fraction of sp³-hybridized carbons (Fsp3) is 0.250. The van der Waals surface area contributed by atoms with E-state index in [1.54, 1.807) is 12.4 Å². The number of hydrogen-bond donors (Lipinski definition) is 0. The molecule has 2 aromatic rings. The van der Waals surface area contributed by atoms with E-state index in [9.17, 15) is 0 Å². The lowest BCUT2D eigenvalue weighted by Gasteiger charge is -2.06. The Labute approximate surface area is 124 Å². The van der Waals surface area contributed by atoms with Gasteiger partial charge in [-0.3, -0.25) is 9.97 Å². The van der Waals surface area contributed by atoms with Crippen molar-refractivity contribution in [3.63, 3.8) is 0 Å². The first-order valence-corrected chi connectivity index (χ1v) is 6.86. The molecule has 0 saturated heterocycles. The van der Waals surface area contributed by atoms with Gasteiger partial charge in [0.15, 0.2) is 0 Å². The van der Waals surface area contributed by atoms with E-state index in [1.165, 1.54) is 0 Å². The number of aryl methyl sites for hydroxylation is 1. The van der Waals surface area contributed by atoms with Crippen LogP contribution in [0.25, 0.3) is 0 Å². The highest BCUT2D eigenvalue weighted by atomic mass is 35.5. The maximum absolute atomic E-state index is 5.68. The van der Waals surface area contributed by atoms with Gasteiger partial charge >= 0.3 is 0 Å². The second-order valence-corrected chi connectivity index (χ2v) is 4.59. The van der Waals surface area contributed by atoms with Gasteiger partial charge in [0.05, 0.1) is 11.9 Å². The minimum absolute atomic E-state index is 0.419. The minimum atomic E-state index is 0.419. The third kappa shape index (κ3) is 4.56. The molecule has 2 aromatic heterocycles. The van der Waals surface area contributed by atoms with E-state index in [2.05, 4.69) is 21.8 Å². The molecule has 0 aliphatic rings. The second kappa shape index (κ2) is 7.52. The van der Waals surface area contributed by atoms with Crippen molar-refractivity contribution in [2.24, 2.45) is 0 Å². The van der Waals surface area contributed by atoms with Crippen LogP contribution in [0.5, 0.6) is 5.75 Å². The van der Waals surface area contributed by atoms with Crippen LogP contribution in [-0.2, 0) is 6.61 Å². The molecule has 0 amide bonds. The SMILES string of the molecule is Cc1cccc(COc2cncc(C#CCCCl)c2)n1. The smallest absolute Gasteiger partial charge is 0.139 e. The monoisotopic (exact) mass is 286 g/mol. The van der Waals surface area contributed by atoms with Crippen molar-refractivity contribution in [2.45, 2.75) is 20.0 Å². The Morgan fingerprint density at radius 3 is 3.00 bits per heavy atom. The van der Waals surface area contributed by atoms with Crippen LogP contribution < -0.4 is 4.74 Å². The summed E-state index contributed by atoms with van der Waals surface area (Å²) in [5, 5.41) is 0. The minimum Gasteiger partial charge on any atom is -0.486 e. The highest BCUT2D eigenvalue weighted by Crippen LogP contribution is 2.12. The van der Waals surface area contributed by atoms with Gasteiger partial charge in [0.25, 0.3) is 0 Å². The van der Waals surface area contributed by atoms with Gasteiger partial charge in [-0.2, -0.15) is 0 Å². The molecule has 0 aliphatic heterocycles. The Kier molecular flexibility index (Phi) is 5.40. The van der Waals surface area contributed by atoms with Crippen molar-refractivity contribution in [2.75, 3.05) is 5.88 Å². The summed E-state index contributed by atoms with van der Waals surface area (Å²) in [5.41, 5.74) is 2.69. The van der Waals surface area contributed by atoms with Crippen LogP contribution in [0.15, 0.2) is 36.7 Å². The van der Waals surface area contributed by atoms with E-state index >= 15 is 0 Å². The molecular weight excluding hydrogens is 272 g/mol. The quantitative estimate of drug-likeness (QED) is 0.639. The van der Waals surface area contributed by atoms with Crippen molar-refractivity contribution >= 4 is 11.6 Å². The number of pyridine rings is 2. The fourth-order valence-electron chi connectivity index (χ4n) is 1.62. The lowest BCUT2D eigenvalue weighted by Crippen LogP contribution is -1.99. The van der Waals surface area contributed by atoms with Crippen LogP contribution in [0.1, 0.15) is 23.4 Å². The molecule has 102 valence electrons. The number of rotatable bonds is 4. The van der Waals surface area contributed by atoms with Crippen molar-refractivity contribution in [3.8, 4) is 17.6 Å². The molecule has 2 rings (SSSR count). The third-order valence-corrected chi connectivity index (χ3v) is 2.69. The van der Waals surface area contributed by atoms with Gasteiger partial charge < -0.3 is 4.74 Å². The Morgan fingerprint density at radius 1 is 1.30 bits per heavy atom. The van der Waals surface area contributed by atoms with Gasteiger partial charge in [-0.05, 0) is 25.1 Å². The van der Waals surface area contributed by atoms with Crippen LogP contribution >= 0.6 is 11.6 Å². The normalized spacial score (nSPS) is 9.70. The van der Waals surface area contributed by atoms with Gasteiger partial charge in [0, 0.05) is 29.8 Å². The van der Waals surface area contributed by atoms with Gasteiger partial charge in [0.2, 0.25) is 0 Å². The highest BCUT2D eigenvalue weighted by molar-refractivity contribution is 6.18. The average Bonchev–Trinajstić information content (AvgIpc) is 2.46. The molecule has 0 spiro atoms. The van der Waals surface area contributed by atoms with Gasteiger partial charge in [-0.15, -0.1) is 11.6 Å². The summed E-state index contributed by atoms with van der Waals surface area (Å²) in [5.74, 6) is 7.19. The molecule has 0 unspecified atom stereocenters. The lowest BCUT2D eigenvalue weighted by atomic mass is 10.2. The molecule has 4 heteroatoms. The van der Waals surface area contributed by atoms with E-state index in [4.69, 9.17) is 16.3 Å². The second-order valence-electron chi connectivity index (χ2n) is 4.21. The van der Waals surface area contributed by atoms with Gasteiger partial charge in [-0.1, -0.05) is 17.9 Å². The highest BCUT2D eigenvalue weighted by Gasteiger charge is 1.99. The van der Waals surface area contributed by atoms with Crippen LogP contribution in [-0.4, -0.2) is 15.8 Å². The number of aromatic nitrogens is 2. The first kappa shape index (κ1) is 14.4. The maximum atomic E-state index is 5.68. The molecule has 0 N–H and O–H groups in total. The topological polar surface area (TPSA) is 35.0 Å². The molecule has 0 atom stereocenters. The summed E-state index contributed by atoms with van der Waals surface area (Å²) in [7, 11) is 0.